The zero-order valence-electron chi connectivity index (χ0n) is 19.1. The molecule has 0 heterocycles. The molecule has 9 nitrogen and oxygen atoms in total. The van der Waals surface area contributed by atoms with E-state index in [9.17, 15) is 21.6 Å². The third-order valence-corrected chi connectivity index (χ3v) is 7.97. The minimum absolute atomic E-state index is 0.124. The summed E-state index contributed by atoms with van der Waals surface area (Å²) in [4.78, 5) is 12.6. The Morgan fingerprint density at radius 1 is 0.912 bits per heavy atom. The lowest BCUT2D eigenvalue weighted by Crippen LogP contribution is -2.41. The Bertz CT molecular complexity index is 1370. The fourth-order valence-corrected chi connectivity index (χ4v) is 5.04. The fraction of sp³-hybridized carbons (Fsp3) is 0.261. The zero-order valence-corrected chi connectivity index (χ0v) is 20.8. The molecule has 3 aromatic carbocycles. The summed E-state index contributed by atoms with van der Waals surface area (Å²) in [5.74, 6) is -0.0325. The normalized spacial score (nSPS) is 12.0. The van der Waals surface area contributed by atoms with Crippen molar-refractivity contribution in [2.75, 3.05) is 44.4 Å². The van der Waals surface area contributed by atoms with Crippen molar-refractivity contribution in [3.8, 4) is 5.75 Å². The highest BCUT2D eigenvalue weighted by atomic mass is 32.2. The van der Waals surface area contributed by atoms with Crippen LogP contribution >= 0.6 is 0 Å². The smallest absolute Gasteiger partial charge is 0.242 e. The van der Waals surface area contributed by atoms with Crippen LogP contribution in [0, 0.1) is 0 Å². The molecule has 1 amide bonds. The van der Waals surface area contributed by atoms with Gasteiger partial charge in [0.05, 0.1) is 23.4 Å². The van der Waals surface area contributed by atoms with Crippen LogP contribution < -0.4 is 14.4 Å². The van der Waals surface area contributed by atoms with Gasteiger partial charge in [-0.3, -0.25) is 9.10 Å². The maximum absolute atomic E-state index is 12.5. The van der Waals surface area contributed by atoms with E-state index >= 15 is 0 Å². The minimum atomic E-state index is -3.71. The van der Waals surface area contributed by atoms with Crippen LogP contribution in [0.25, 0.3) is 10.8 Å². The van der Waals surface area contributed by atoms with Gasteiger partial charge in [-0.2, -0.15) is 0 Å². The monoisotopic (exact) mass is 505 g/mol. The van der Waals surface area contributed by atoms with Crippen molar-refractivity contribution in [3.05, 3.63) is 66.7 Å². The Hall–Kier alpha value is -3.15. The maximum atomic E-state index is 12.5. The molecule has 11 heteroatoms. The second-order valence-corrected chi connectivity index (χ2v) is 11.8. The van der Waals surface area contributed by atoms with Crippen molar-refractivity contribution in [1.82, 2.24) is 9.62 Å². The van der Waals surface area contributed by atoms with Gasteiger partial charge < -0.3 is 10.1 Å². The number of nitrogens with one attached hydrogen (secondary N) is 1. The number of carbonyl (C=O) groups excluding carboxylic acids is 1. The number of nitrogens with zero attached hydrogens (tertiary/aromatic N) is 2. The van der Waals surface area contributed by atoms with Crippen molar-refractivity contribution in [2.24, 2.45) is 0 Å². The summed E-state index contributed by atoms with van der Waals surface area (Å²) < 4.78 is 56.8. The molecule has 0 saturated carbocycles. The van der Waals surface area contributed by atoms with Crippen LogP contribution in [-0.4, -0.2) is 67.1 Å². The number of amides is 1. The second kappa shape index (κ2) is 10.4. The van der Waals surface area contributed by atoms with Gasteiger partial charge in [0.15, 0.2) is 0 Å². The molecule has 0 fully saturated rings. The number of sulfonamides is 2. The Morgan fingerprint density at radius 3 is 2.21 bits per heavy atom. The summed E-state index contributed by atoms with van der Waals surface area (Å²) in [6, 6.07) is 18.6. The first-order valence-electron chi connectivity index (χ1n) is 10.4. The van der Waals surface area contributed by atoms with Gasteiger partial charge in [0.25, 0.3) is 0 Å². The first-order valence-corrected chi connectivity index (χ1v) is 13.7. The van der Waals surface area contributed by atoms with Crippen LogP contribution in [0.5, 0.6) is 5.75 Å². The van der Waals surface area contributed by atoms with Crippen LogP contribution in [0.4, 0.5) is 5.69 Å². The van der Waals surface area contributed by atoms with Crippen LogP contribution in [0.15, 0.2) is 71.6 Å². The standard InChI is InChI=1S/C23H27N3O6S2/c1-25(2)34(30,31)20-13-11-19(12-14-20)32-16-15-24-23(27)17-26(33(3,28)29)22-10-6-8-18-7-4-5-9-21(18)22/h4-14H,15-17H2,1-3H3,(H,24,27). The molecule has 0 saturated heterocycles. The van der Waals surface area contributed by atoms with Gasteiger partial charge in [-0.25, -0.2) is 21.1 Å². The molecule has 0 aliphatic carbocycles. The Morgan fingerprint density at radius 2 is 1.56 bits per heavy atom. The summed E-state index contributed by atoms with van der Waals surface area (Å²) in [6.45, 7) is -0.105. The summed E-state index contributed by atoms with van der Waals surface area (Å²) >= 11 is 0. The quantitative estimate of drug-likeness (QED) is 0.422. The van der Waals surface area contributed by atoms with E-state index in [0.717, 1.165) is 25.6 Å². The van der Waals surface area contributed by atoms with Crippen molar-refractivity contribution >= 4 is 42.4 Å². The summed E-state index contributed by atoms with van der Waals surface area (Å²) in [5.41, 5.74) is 0.430. The lowest BCUT2D eigenvalue weighted by atomic mass is 10.1. The van der Waals surface area contributed by atoms with Crippen LogP contribution in [-0.2, 0) is 24.8 Å². The molecule has 0 aliphatic heterocycles. The largest absolute Gasteiger partial charge is 0.492 e. The van der Waals surface area contributed by atoms with Gasteiger partial charge in [0.2, 0.25) is 26.0 Å². The topological polar surface area (TPSA) is 113 Å². The lowest BCUT2D eigenvalue weighted by molar-refractivity contribution is -0.119. The highest BCUT2D eigenvalue weighted by Gasteiger charge is 2.22. The van der Waals surface area contributed by atoms with E-state index in [1.165, 1.54) is 38.4 Å². The van der Waals surface area contributed by atoms with Crippen LogP contribution in [0.1, 0.15) is 0 Å². The average molecular weight is 506 g/mol. The predicted molar refractivity (Wildman–Crippen MR) is 132 cm³/mol. The van der Waals surface area contributed by atoms with Crippen LogP contribution in [0.3, 0.4) is 0 Å². The molecule has 0 aliphatic rings. The molecular formula is C23H27N3O6S2. The molecule has 1 N–H and O–H groups in total. The van der Waals surface area contributed by atoms with E-state index in [1.807, 2.05) is 30.3 Å². The van der Waals surface area contributed by atoms with E-state index in [2.05, 4.69) is 5.32 Å². The van der Waals surface area contributed by atoms with E-state index in [-0.39, 0.29) is 24.6 Å². The average Bonchev–Trinajstić information content (AvgIpc) is 2.79. The first-order chi connectivity index (χ1) is 16.0. The van der Waals surface area contributed by atoms with E-state index in [4.69, 9.17) is 4.74 Å². The van der Waals surface area contributed by atoms with Crippen LogP contribution in [0.2, 0.25) is 0 Å². The molecule has 3 aromatic rings. The number of anilines is 1. The number of hydrogen-bond acceptors (Lipinski definition) is 6. The number of rotatable bonds is 10. The maximum Gasteiger partial charge on any atom is 0.242 e. The molecule has 0 unspecified atom stereocenters. The highest BCUT2D eigenvalue weighted by molar-refractivity contribution is 7.92. The minimum Gasteiger partial charge on any atom is -0.492 e. The molecule has 0 aromatic heterocycles. The summed E-state index contributed by atoms with van der Waals surface area (Å²) in [7, 11) is -4.33. The first kappa shape index (κ1) is 25.5. The van der Waals surface area contributed by atoms with Gasteiger partial charge in [-0.15, -0.1) is 0 Å². The van der Waals surface area contributed by atoms with Crippen molar-refractivity contribution < 1.29 is 26.4 Å². The van der Waals surface area contributed by atoms with Gasteiger partial charge >= 0.3 is 0 Å². The molecular weight excluding hydrogens is 478 g/mol. The molecule has 182 valence electrons. The second-order valence-electron chi connectivity index (χ2n) is 7.73. The summed E-state index contributed by atoms with van der Waals surface area (Å²) in [5, 5.41) is 4.25. The Kier molecular flexibility index (Phi) is 7.80. The third kappa shape index (κ3) is 6.04. The molecule has 0 atom stereocenters. The predicted octanol–water partition coefficient (Wildman–Crippen LogP) is 2.05. The number of ether oxygens (including phenoxy) is 1. The highest BCUT2D eigenvalue weighted by Crippen LogP contribution is 2.28. The third-order valence-electron chi connectivity index (χ3n) is 5.02. The van der Waals surface area contributed by atoms with Gasteiger partial charge in [-0.1, -0.05) is 36.4 Å². The molecule has 0 bridgehead atoms. The SMILES string of the molecule is CN(C)S(=O)(=O)c1ccc(OCCNC(=O)CN(c2cccc3ccccc23)S(C)(=O)=O)cc1. The number of hydrogen-bond donors (Lipinski definition) is 1. The number of carbonyl (C=O) groups is 1. The van der Waals surface area contributed by atoms with Gasteiger partial charge in [0, 0.05) is 19.5 Å². The van der Waals surface area contributed by atoms with E-state index < -0.39 is 26.0 Å². The van der Waals surface area contributed by atoms with Crippen molar-refractivity contribution in [3.63, 3.8) is 0 Å². The van der Waals surface area contributed by atoms with Crippen molar-refractivity contribution in [2.45, 2.75) is 4.90 Å². The van der Waals surface area contributed by atoms with Gasteiger partial charge in [-0.05, 0) is 35.7 Å². The molecule has 3 rings (SSSR count). The lowest BCUT2D eigenvalue weighted by Gasteiger charge is -2.23. The van der Waals surface area contributed by atoms with Crippen molar-refractivity contribution in [1.29, 1.82) is 0 Å². The van der Waals surface area contributed by atoms with Gasteiger partial charge in [0.1, 0.15) is 18.9 Å². The Balaban J connectivity index is 1.59. The fourth-order valence-electron chi connectivity index (χ4n) is 3.27. The molecule has 34 heavy (non-hydrogen) atoms. The molecule has 0 radical (unpaired) electrons. The molecule has 0 spiro atoms. The van der Waals surface area contributed by atoms with E-state index in [0.29, 0.717) is 11.4 Å². The summed E-state index contributed by atoms with van der Waals surface area (Å²) in [6.07, 6.45) is 1.06. The zero-order chi connectivity index (χ0) is 24.9. The Labute approximate surface area is 200 Å². The van der Waals surface area contributed by atoms with E-state index in [1.54, 1.807) is 12.1 Å². The number of fused-ring (bicyclic) bond motifs is 1. The number of benzene rings is 3.